The Kier molecular flexibility index (Phi) is 8.45. The Bertz CT molecular complexity index is 1020. The lowest BCUT2D eigenvalue weighted by Crippen LogP contribution is -2.44. The zero-order valence-corrected chi connectivity index (χ0v) is 21.1. The molecule has 11 nitrogen and oxygen atoms in total. The molecule has 3 rings (SSSR count). The van der Waals surface area contributed by atoms with Crippen molar-refractivity contribution < 1.29 is 33.4 Å². The van der Waals surface area contributed by atoms with Crippen molar-refractivity contribution in [2.75, 3.05) is 19.0 Å². The molecule has 182 valence electrons. The molecule has 1 aliphatic heterocycles. The molecule has 0 radical (unpaired) electrons. The second-order valence-corrected chi connectivity index (χ2v) is 10.8. The van der Waals surface area contributed by atoms with Crippen LogP contribution < -0.4 is 0 Å². The molecule has 0 amide bonds. The Morgan fingerprint density at radius 2 is 2.12 bits per heavy atom. The van der Waals surface area contributed by atoms with Gasteiger partial charge in [-0.3, -0.25) is 9.36 Å². The molecule has 33 heavy (non-hydrogen) atoms. The van der Waals surface area contributed by atoms with Gasteiger partial charge in [0.15, 0.2) is 22.1 Å². The number of aliphatic hydroxyl groups excluding tert-OH is 1. The summed E-state index contributed by atoms with van der Waals surface area (Å²) in [4.78, 5) is 24.2. The number of fused-ring (bicyclic) bond motifs is 1. The summed E-state index contributed by atoms with van der Waals surface area (Å²) in [6.45, 7) is 6.85. The standard InChI is InChI=1S/C19H27ClN4O7PS/c1-5-18(2,3)17(26)33-7-6-29-32(28)30-8-11-13(25)19(4,27)16(31-11)24-10-23-12-14(20)21-9-22-15(12)24/h9-11,13,16,25,27H,5-8H2,1-4H3/q+1/t11-,13?,16?,19+/m1/s1. The second kappa shape index (κ2) is 10.6. The maximum Gasteiger partial charge on any atom is 0.697 e. The molecule has 1 aliphatic rings. The van der Waals surface area contributed by atoms with Gasteiger partial charge in [-0.2, -0.15) is 0 Å². The predicted octanol–water partition coefficient (Wildman–Crippen LogP) is 2.88. The van der Waals surface area contributed by atoms with Gasteiger partial charge < -0.3 is 14.9 Å². The highest BCUT2D eigenvalue weighted by atomic mass is 35.5. The van der Waals surface area contributed by atoms with Crippen LogP contribution in [0.1, 0.15) is 40.3 Å². The van der Waals surface area contributed by atoms with Gasteiger partial charge in [-0.25, -0.2) is 15.0 Å². The van der Waals surface area contributed by atoms with Gasteiger partial charge in [-0.05, 0) is 13.3 Å². The highest BCUT2D eigenvalue weighted by Crippen LogP contribution is 2.41. The number of halogens is 1. The quantitative estimate of drug-likeness (QED) is 0.270. The number of nitrogens with zero attached hydrogens (tertiary/aromatic N) is 4. The van der Waals surface area contributed by atoms with Crippen LogP contribution in [-0.2, 0) is 23.1 Å². The van der Waals surface area contributed by atoms with E-state index in [4.69, 9.17) is 25.4 Å². The minimum Gasteiger partial charge on any atom is -0.387 e. The van der Waals surface area contributed by atoms with Crippen molar-refractivity contribution in [2.45, 2.75) is 58.2 Å². The molecule has 3 heterocycles. The average Bonchev–Trinajstić information content (AvgIpc) is 3.29. The Hall–Kier alpha value is -1.24. The molecule has 3 unspecified atom stereocenters. The summed E-state index contributed by atoms with van der Waals surface area (Å²) in [6, 6.07) is 0. The van der Waals surface area contributed by atoms with Crippen LogP contribution in [-0.4, -0.2) is 71.6 Å². The van der Waals surface area contributed by atoms with E-state index >= 15 is 0 Å². The molecule has 2 N–H and O–H groups in total. The number of hydrogen-bond acceptors (Lipinski definition) is 11. The van der Waals surface area contributed by atoms with Crippen LogP contribution in [0.25, 0.3) is 11.2 Å². The lowest BCUT2D eigenvalue weighted by molar-refractivity contribution is -0.118. The van der Waals surface area contributed by atoms with Crippen LogP contribution in [0.2, 0.25) is 5.15 Å². The van der Waals surface area contributed by atoms with Crippen LogP contribution in [0.5, 0.6) is 0 Å². The monoisotopic (exact) mass is 521 g/mol. The number of carbonyl (C=O) groups excluding carboxylic acids is 1. The number of thioether (sulfide) groups is 1. The van der Waals surface area contributed by atoms with Crippen LogP contribution in [0.15, 0.2) is 12.7 Å². The number of rotatable bonds is 10. The summed E-state index contributed by atoms with van der Waals surface area (Å²) in [5.74, 6) is 0.337. The van der Waals surface area contributed by atoms with Crippen LogP contribution >= 0.6 is 31.6 Å². The van der Waals surface area contributed by atoms with E-state index in [0.29, 0.717) is 16.9 Å². The third kappa shape index (κ3) is 5.71. The Labute approximate surface area is 201 Å². The first-order valence-electron chi connectivity index (χ1n) is 10.3. The Morgan fingerprint density at radius 1 is 1.39 bits per heavy atom. The summed E-state index contributed by atoms with van der Waals surface area (Å²) in [5, 5.41) is 21.6. The van der Waals surface area contributed by atoms with Crippen molar-refractivity contribution in [1.82, 2.24) is 19.5 Å². The number of hydrogen-bond donors (Lipinski definition) is 2. The second-order valence-electron chi connectivity index (χ2n) is 8.41. The van der Waals surface area contributed by atoms with Crippen molar-refractivity contribution in [3.8, 4) is 0 Å². The molecule has 5 atom stereocenters. The number of imidazole rings is 1. The maximum atomic E-state index is 12.1. The lowest BCUT2D eigenvalue weighted by Gasteiger charge is -2.27. The highest BCUT2D eigenvalue weighted by Gasteiger charge is 2.54. The molecule has 0 aliphatic carbocycles. The van der Waals surface area contributed by atoms with E-state index in [1.54, 1.807) is 0 Å². The van der Waals surface area contributed by atoms with E-state index in [0.717, 1.165) is 18.2 Å². The van der Waals surface area contributed by atoms with Crippen LogP contribution in [0, 0.1) is 5.41 Å². The largest absolute Gasteiger partial charge is 0.697 e. The molecule has 0 saturated carbocycles. The zero-order chi connectivity index (χ0) is 24.4. The van der Waals surface area contributed by atoms with E-state index in [2.05, 4.69) is 15.0 Å². The molecular formula is C19H27ClN4O7PS+. The number of aliphatic hydroxyl groups is 2. The SMILES string of the molecule is CCC(C)(C)C(=O)SCCO[P+](=O)OC[C@H]1OC(n2cnc3c(Cl)ncnc32)[C@@](C)(O)C1O. The van der Waals surface area contributed by atoms with E-state index in [1.165, 1.54) is 24.1 Å². The molecule has 0 spiro atoms. The zero-order valence-electron chi connectivity index (χ0n) is 18.7. The van der Waals surface area contributed by atoms with Gasteiger partial charge in [0, 0.05) is 15.7 Å². The van der Waals surface area contributed by atoms with Gasteiger partial charge in [0.1, 0.15) is 42.9 Å². The molecule has 2 aromatic rings. The van der Waals surface area contributed by atoms with Gasteiger partial charge in [-0.15, -0.1) is 9.05 Å². The first kappa shape index (κ1) is 26.4. The van der Waals surface area contributed by atoms with E-state index in [1.807, 2.05) is 20.8 Å². The molecular weight excluding hydrogens is 495 g/mol. The average molecular weight is 522 g/mol. The topological polar surface area (TPSA) is 146 Å². The third-order valence-electron chi connectivity index (χ3n) is 5.62. The summed E-state index contributed by atoms with van der Waals surface area (Å²) in [5.41, 5.74) is -1.51. The van der Waals surface area contributed by atoms with Crippen molar-refractivity contribution >= 4 is 47.9 Å². The molecule has 14 heteroatoms. The number of ether oxygens (including phenoxy) is 1. The molecule has 0 aromatic carbocycles. The van der Waals surface area contributed by atoms with E-state index < -0.39 is 37.7 Å². The van der Waals surface area contributed by atoms with E-state index in [9.17, 15) is 19.6 Å². The third-order valence-corrected chi connectivity index (χ3v) is 7.83. The lowest BCUT2D eigenvalue weighted by atomic mass is 9.92. The summed E-state index contributed by atoms with van der Waals surface area (Å²) < 4.78 is 29.6. The summed E-state index contributed by atoms with van der Waals surface area (Å²) >= 11 is 7.14. The van der Waals surface area contributed by atoms with Gasteiger partial charge in [-0.1, -0.05) is 44.1 Å². The molecule has 1 fully saturated rings. The minimum absolute atomic E-state index is 0.0408. The number of carbonyl (C=O) groups is 1. The highest BCUT2D eigenvalue weighted by molar-refractivity contribution is 8.13. The fraction of sp³-hybridized carbons (Fsp3) is 0.684. The minimum atomic E-state index is -2.51. The molecule has 2 aromatic heterocycles. The Balaban J connectivity index is 1.53. The van der Waals surface area contributed by atoms with Crippen LogP contribution in [0.3, 0.4) is 0 Å². The fourth-order valence-corrected chi connectivity index (χ4v) is 4.90. The fourth-order valence-electron chi connectivity index (χ4n) is 3.13. The first-order chi connectivity index (χ1) is 15.5. The normalized spacial score (nSPS) is 26.2. The van der Waals surface area contributed by atoms with E-state index in [-0.39, 0.29) is 23.5 Å². The summed E-state index contributed by atoms with van der Waals surface area (Å²) in [7, 11) is -2.51. The van der Waals surface area contributed by atoms with Gasteiger partial charge in [0.25, 0.3) is 0 Å². The van der Waals surface area contributed by atoms with Crippen molar-refractivity contribution in [1.29, 1.82) is 0 Å². The maximum absolute atomic E-state index is 12.1. The molecule has 0 bridgehead atoms. The summed E-state index contributed by atoms with van der Waals surface area (Å²) in [6.07, 6.45) is -0.0575. The molecule has 1 saturated heterocycles. The number of aromatic nitrogens is 4. The van der Waals surface area contributed by atoms with Crippen molar-refractivity contribution in [3.63, 3.8) is 0 Å². The van der Waals surface area contributed by atoms with Crippen molar-refractivity contribution in [2.24, 2.45) is 5.41 Å². The van der Waals surface area contributed by atoms with Gasteiger partial charge in [0.2, 0.25) is 0 Å². The van der Waals surface area contributed by atoms with Gasteiger partial charge in [0.05, 0.1) is 6.33 Å². The van der Waals surface area contributed by atoms with Gasteiger partial charge >= 0.3 is 8.25 Å². The van der Waals surface area contributed by atoms with Crippen LogP contribution in [0.4, 0.5) is 0 Å². The smallest absolute Gasteiger partial charge is 0.387 e. The predicted molar refractivity (Wildman–Crippen MR) is 122 cm³/mol. The Morgan fingerprint density at radius 3 is 2.82 bits per heavy atom. The van der Waals surface area contributed by atoms with Crippen molar-refractivity contribution in [3.05, 3.63) is 17.8 Å². The first-order valence-corrected chi connectivity index (χ1v) is 12.7.